The van der Waals surface area contributed by atoms with E-state index in [2.05, 4.69) is 36.4 Å². The molecule has 1 aliphatic rings. The van der Waals surface area contributed by atoms with Gasteiger partial charge in [-0.25, -0.2) is 18.1 Å². The van der Waals surface area contributed by atoms with Gasteiger partial charge >= 0.3 is 0 Å². The standard InChI is InChI=1S/C20H30N6O2S.HI/c1-3-22-20(23-10-11-24-29(27,28)18-7-5-4-6-8-18)25-13-9-17(2)19(15-25)26-14-12-21-16-26;/h4-8,12,14,16-17,19,24H,3,9-11,13,15H2,1-2H3,(H,22,23);1H. The molecule has 2 heterocycles. The summed E-state index contributed by atoms with van der Waals surface area (Å²) in [7, 11) is -3.50. The minimum atomic E-state index is -3.50. The number of guanidine groups is 1. The molecule has 1 saturated heterocycles. The zero-order chi connectivity index (χ0) is 20.7. The summed E-state index contributed by atoms with van der Waals surface area (Å²) in [4.78, 5) is 11.4. The van der Waals surface area contributed by atoms with E-state index in [0.717, 1.165) is 32.0 Å². The number of nitrogens with zero attached hydrogens (tertiary/aromatic N) is 4. The largest absolute Gasteiger partial charge is 0.357 e. The second kappa shape index (κ2) is 11.7. The molecule has 3 rings (SSSR count). The van der Waals surface area contributed by atoms with Crippen molar-refractivity contribution in [3.8, 4) is 0 Å². The van der Waals surface area contributed by atoms with Crippen LogP contribution in [-0.2, 0) is 10.0 Å². The molecule has 8 nitrogen and oxygen atoms in total. The Balaban J connectivity index is 0.00000320. The average Bonchev–Trinajstić information content (AvgIpc) is 3.26. The Labute approximate surface area is 196 Å². The van der Waals surface area contributed by atoms with Crippen molar-refractivity contribution in [3.63, 3.8) is 0 Å². The fraction of sp³-hybridized carbons (Fsp3) is 0.500. The van der Waals surface area contributed by atoms with Gasteiger partial charge in [0.05, 0.1) is 23.8 Å². The summed E-state index contributed by atoms with van der Waals surface area (Å²) in [5.41, 5.74) is 0. The third-order valence-corrected chi connectivity index (χ3v) is 6.66. The molecule has 0 spiro atoms. The van der Waals surface area contributed by atoms with Crippen LogP contribution in [0, 0.1) is 5.92 Å². The minimum Gasteiger partial charge on any atom is -0.357 e. The third kappa shape index (κ3) is 6.42. The number of sulfonamides is 1. The van der Waals surface area contributed by atoms with E-state index >= 15 is 0 Å². The molecule has 1 aromatic heterocycles. The van der Waals surface area contributed by atoms with Crippen LogP contribution >= 0.6 is 24.0 Å². The van der Waals surface area contributed by atoms with E-state index in [4.69, 9.17) is 0 Å². The summed E-state index contributed by atoms with van der Waals surface area (Å²) in [5.74, 6) is 1.38. The number of hydrogen-bond acceptors (Lipinski definition) is 4. The van der Waals surface area contributed by atoms with E-state index in [9.17, 15) is 8.42 Å². The lowest BCUT2D eigenvalue weighted by Gasteiger charge is -2.39. The Morgan fingerprint density at radius 2 is 2.07 bits per heavy atom. The van der Waals surface area contributed by atoms with Crippen LogP contribution < -0.4 is 10.0 Å². The van der Waals surface area contributed by atoms with Crippen LogP contribution in [0.5, 0.6) is 0 Å². The quantitative estimate of drug-likeness (QED) is 0.241. The van der Waals surface area contributed by atoms with Crippen molar-refractivity contribution in [3.05, 3.63) is 49.1 Å². The number of aliphatic imine (C=N–C) groups is 1. The number of likely N-dealkylation sites (tertiary alicyclic amines) is 1. The van der Waals surface area contributed by atoms with Crippen LogP contribution in [0.2, 0.25) is 0 Å². The molecule has 30 heavy (non-hydrogen) atoms. The van der Waals surface area contributed by atoms with Crippen LogP contribution in [-0.4, -0.2) is 61.6 Å². The highest BCUT2D eigenvalue weighted by Gasteiger charge is 2.28. The summed E-state index contributed by atoms with van der Waals surface area (Å²) in [5, 5.41) is 3.34. The summed E-state index contributed by atoms with van der Waals surface area (Å²) >= 11 is 0. The smallest absolute Gasteiger partial charge is 0.240 e. The van der Waals surface area contributed by atoms with Crippen LogP contribution in [0.3, 0.4) is 0 Å². The number of aromatic nitrogens is 2. The highest BCUT2D eigenvalue weighted by atomic mass is 127. The Morgan fingerprint density at radius 1 is 1.30 bits per heavy atom. The fourth-order valence-corrected chi connectivity index (χ4v) is 4.59. The SMILES string of the molecule is CCNC(=NCCNS(=O)(=O)c1ccccc1)N1CCC(C)C(n2ccnc2)C1.I. The molecule has 0 bridgehead atoms. The van der Waals surface area contributed by atoms with Gasteiger partial charge in [0.15, 0.2) is 5.96 Å². The minimum absolute atomic E-state index is 0. The number of nitrogens with one attached hydrogen (secondary N) is 2. The van der Waals surface area contributed by atoms with E-state index in [1.165, 1.54) is 0 Å². The molecule has 0 saturated carbocycles. The topological polar surface area (TPSA) is 91.6 Å². The molecule has 1 aromatic carbocycles. The summed E-state index contributed by atoms with van der Waals surface area (Å²) in [6, 6.07) is 8.73. The van der Waals surface area contributed by atoms with Crippen LogP contribution in [0.1, 0.15) is 26.3 Å². The molecular formula is C20H31IN6O2S. The molecule has 2 N–H and O–H groups in total. The Bertz CT molecular complexity index is 889. The number of rotatable bonds is 7. The van der Waals surface area contributed by atoms with Gasteiger partial charge in [-0.1, -0.05) is 25.1 Å². The van der Waals surface area contributed by atoms with Crippen molar-refractivity contribution < 1.29 is 8.42 Å². The second-order valence-electron chi connectivity index (χ2n) is 7.24. The van der Waals surface area contributed by atoms with Crippen molar-refractivity contribution >= 4 is 40.0 Å². The lowest BCUT2D eigenvalue weighted by molar-refractivity contribution is 0.189. The number of halogens is 1. The number of imidazole rings is 1. The maximum atomic E-state index is 12.3. The molecular weight excluding hydrogens is 515 g/mol. The first-order valence-corrected chi connectivity index (χ1v) is 11.5. The predicted octanol–water partition coefficient (Wildman–Crippen LogP) is 2.33. The first-order chi connectivity index (χ1) is 14.0. The number of hydrogen-bond donors (Lipinski definition) is 2. The van der Waals surface area contributed by atoms with Gasteiger partial charge in [-0.2, -0.15) is 0 Å². The first-order valence-electron chi connectivity index (χ1n) is 10.1. The van der Waals surface area contributed by atoms with E-state index in [1.54, 1.807) is 30.3 Å². The molecule has 166 valence electrons. The van der Waals surface area contributed by atoms with Gasteiger partial charge in [-0.05, 0) is 31.4 Å². The van der Waals surface area contributed by atoms with Gasteiger partial charge in [0, 0.05) is 38.6 Å². The summed E-state index contributed by atoms with van der Waals surface area (Å²) < 4.78 is 29.4. The van der Waals surface area contributed by atoms with Crippen LogP contribution in [0.25, 0.3) is 0 Å². The Hall–Kier alpha value is -1.66. The van der Waals surface area contributed by atoms with Gasteiger partial charge in [0.2, 0.25) is 10.0 Å². The fourth-order valence-electron chi connectivity index (χ4n) is 3.55. The van der Waals surface area contributed by atoms with Crippen molar-refractivity contribution in [1.29, 1.82) is 0 Å². The Morgan fingerprint density at radius 3 is 2.73 bits per heavy atom. The van der Waals surface area contributed by atoms with Gasteiger partial charge in [0.1, 0.15) is 0 Å². The molecule has 2 unspecified atom stereocenters. The molecule has 2 aromatic rings. The summed E-state index contributed by atoms with van der Waals surface area (Å²) in [6.45, 7) is 7.46. The van der Waals surface area contributed by atoms with Gasteiger partial charge < -0.3 is 14.8 Å². The lowest BCUT2D eigenvalue weighted by Crippen LogP contribution is -2.49. The van der Waals surface area contributed by atoms with Crippen molar-refractivity contribution in [2.24, 2.45) is 10.9 Å². The molecule has 2 atom stereocenters. The molecule has 0 aliphatic carbocycles. The van der Waals surface area contributed by atoms with Crippen molar-refractivity contribution in [1.82, 2.24) is 24.5 Å². The third-order valence-electron chi connectivity index (χ3n) is 5.18. The highest BCUT2D eigenvalue weighted by molar-refractivity contribution is 14.0. The molecule has 1 fully saturated rings. The lowest BCUT2D eigenvalue weighted by atomic mass is 9.93. The average molecular weight is 546 g/mol. The molecule has 0 amide bonds. The second-order valence-corrected chi connectivity index (χ2v) is 9.00. The predicted molar refractivity (Wildman–Crippen MR) is 130 cm³/mol. The van der Waals surface area contributed by atoms with Gasteiger partial charge in [-0.3, -0.25) is 4.99 Å². The molecule has 1 aliphatic heterocycles. The summed E-state index contributed by atoms with van der Waals surface area (Å²) in [6.07, 6.45) is 6.75. The molecule has 0 radical (unpaired) electrons. The Kier molecular flexibility index (Phi) is 9.56. The zero-order valence-electron chi connectivity index (χ0n) is 17.4. The number of benzene rings is 1. The monoisotopic (exact) mass is 546 g/mol. The van der Waals surface area contributed by atoms with E-state index in [0.29, 0.717) is 18.5 Å². The maximum Gasteiger partial charge on any atom is 0.240 e. The van der Waals surface area contributed by atoms with E-state index < -0.39 is 10.0 Å². The van der Waals surface area contributed by atoms with Gasteiger partial charge in [-0.15, -0.1) is 24.0 Å². The van der Waals surface area contributed by atoms with Crippen LogP contribution in [0.15, 0.2) is 58.9 Å². The van der Waals surface area contributed by atoms with Gasteiger partial charge in [0.25, 0.3) is 0 Å². The normalized spacial score (nSPS) is 19.9. The number of piperidine rings is 1. The van der Waals surface area contributed by atoms with Crippen molar-refractivity contribution in [2.45, 2.75) is 31.2 Å². The van der Waals surface area contributed by atoms with E-state index in [-0.39, 0.29) is 35.4 Å². The van der Waals surface area contributed by atoms with Crippen LogP contribution in [0.4, 0.5) is 0 Å². The maximum absolute atomic E-state index is 12.3. The zero-order valence-corrected chi connectivity index (χ0v) is 20.6. The van der Waals surface area contributed by atoms with Crippen molar-refractivity contribution in [2.75, 3.05) is 32.7 Å². The highest BCUT2D eigenvalue weighted by Crippen LogP contribution is 2.27. The first kappa shape index (κ1) is 24.6. The molecule has 10 heteroatoms. The van der Waals surface area contributed by atoms with E-state index in [1.807, 2.05) is 25.6 Å².